The maximum Gasteiger partial charge on any atom is 0.238 e. The highest BCUT2D eigenvalue weighted by Crippen LogP contribution is 2.16. The zero-order chi connectivity index (χ0) is 13.2. The van der Waals surface area contributed by atoms with Crippen LogP contribution >= 0.6 is 0 Å². The molecule has 0 aliphatic rings. The van der Waals surface area contributed by atoms with E-state index in [0.29, 0.717) is 19.7 Å². The van der Waals surface area contributed by atoms with Gasteiger partial charge < -0.3 is 15.4 Å². The number of para-hydroxylation sites is 1. The standard InChI is InChI=1S/C14H22N2O2/c1-3-6-12-7-4-5-8-13(12)16-14(17)11-15-9-10-18-2/h4-5,7-8,15H,3,6,9-11H2,1-2H3,(H,16,17). The number of aryl methyl sites for hydroxylation is 1. The van der Waals surface area contributed by atoms with Crippen molar-refractivity contribution in [3.8, 4) is 0 Å². The molecule has 4 heteroatoms. The number of benzene rings is 1. The molecule has 0 aliphatic carbocycles. The molecule has 0 radical (unpaired) electrons. The molecule has 2 N–H and O–H groups in total. The zero-order valence-corrected chi connectivity index (χ0v) is 11.2. The maximum absolute atomic E-state index is 11.7. The van der Waals surface area contributed by atoms with Gasteiger partial charge in [0.25, 0.3) is 0 Å². The second-order valence-corrected chi connectivity index (χ2v) is 4.12. The molecule has 1 rings (SSSR count). The fourth-order valence-corrected chi connectivity index (χ4v) is 1.70. The minimum atomic E-state index is -0.0188. The topological polar surface area (TPSA) is 50.4 Å². The summed E-state index contributed by atoms with van der Waals surface area (Å²) in [7, 11) is 1.64. The van der Waals surface area contributed by atoms with E-state index in [9.17, 15) is 4.79 Å². The number of methoxy groups -OCH3 is 1. The lowest BCUT2D eigenvalue weighted by Crippen LogP contribution is -2.30. The van der Waals surface area contributed by atoms with E-state index in [1.54, 1.807) is 7.11 Å². The molecule has 0 spiro atoms. The Morgan fingerprint density at radius 2 is 2.11 bits per heavy atom. The molecule has 0 unspecified atom stereocenters. The second-order valence-electron chi connectivity index (χ2n) is 4.12. The van der Waals surface area contributed by atoms with Gasteiger partial charge in [0.1, 0.15) is 0 Å². The SMILES string of the molecule is CCCc1ccccc1NC(=O)CNCCOC. The molecule has 1 aromatic carbocycles. The molecule has 0 saturated heterocycles. The van der Waals surface area contributed by atoms with Crippen molar-refractivity contribution < 1.29 is 9.53 Å². The van der Waals surface area contributed by atoms with Crippen LogP contribution in [-0.4, -0.2) is 32.7 Å². The molecule has 0 aromatic heterocycles. The minimum Gasteiger partial charge on any atom is -0.383 e. The van der Waals surface area contributed by atoms with Gasteiger partial charge in [0.2, 0.25) is 5.91 Å². The van der Waals surface area contributed by atoms with Crippen LogP contribution in [0.2, 0.25) is 0 Å². The van der Waals surface area contributed by atoms with Crippen LogP contribution in [0.5, 0.6) is 0 Å². The normalized spacial score (nSPS) is 10.3. The van der Waals surface area contributed by atoms with E-state index in [2.05, 4.69) is 23.6 Å². The second kappa shape index (κ2) is 8.66. The predicted molar refractivity (Wildman–Crippen MR) is 73.8 cm³/mol. The highest BCUT2D eigenvalue weighted by Gasteiger charge is 2.05. The smallest absolute Gasteiger partial charge is 0.238 e. The van der Waals surface area contributed by atoms with Crippen LogP contribution in [0.25, 0.3) is 0 Å². The average Bonchev–Trinajstić information content (AvgIpc) is 2.37. The first-order chi connectivity index (χ1) is 8.77. The summed E-state index contributed by atoms with van der Waals surface area (Å²) in [5.74, 6) is -0.0188. The van der Waals surface area contributed by atoms with Gasteiger partial charge in [0.05, 0.1) is 13.2 Å². The molecule has 0 saturated carbocycles. The number of anilines is 1. The molecule has 0 bridgehead atoms. The van der Waals surface area contributed by atoms with Crippen LogP contribution in [0, 0.1) is 0 Å². The molecule has 0 atom stereocenters. The first-order valence-electron chi connectivity index (χ1n) is 6.35. The van der Waals surface area contributed by atoms with Crippen LogP contribution in [0.4, 0.5) is 5.69 Å². The Bertz CT molecular complexity index is 367. The predicted octanol–water partition coefficient (Wildman–Crippen LogP) is 1.81. The summed E-state index contributed by atoms with van der Waals surface area (Å²) in [6.45, 7) is 3.73. The molecular weight excluding hydrogens is 228 g/mol. The summed E-state index contributed by atoms with van der Waals surface area (Å²) in [6, 6.07) is 7.93. The van der Waals surface area contributed by atoms with Gasteiger partial charge in [0.15, 0.2) is 0 Å². The zero-order valence-electron chi connectivity index (χ0n) is 11.2. The maximum atomic E-state index is 11.7. The summed E-state index contributed by atoms with van der Waals surface area (Å²) in [6.07, 6.45) is 2.05. The van der Waals surface area contributed by atoms with Gasteiger partial charge in [0, 0.05) is 19.3 Å². The number of rotatable bonds is 8. The number of carbonyl (C=O) groups is 1. The molecule has 18 heavy (non-hydrogen) atoms. The minimum absolute atomic E-state index is 0.0188. The Morgan fingerprint density at radius 1 is 1.33 bits per heavy atom. The average molecular weight is 250 g/mol. The Balaban J connectivity index is 2.43. The van der Waals surface area contributed by atoms with E-state index in [1.807, 2.05) is 18.2 Å². The Labute approximate surface area is 109 Å². The van der Waals surface area contributed by atoms with E-state index in [0.717, 1.165) is 18.5 Å². The van der Waals surface area contributed by atoms with Crippen LogP contribution in [-0.2, 0) is 16.0 Å². The van der Waals surface area contributed by atoms with Crippen molar-refractivity contribution in [3.05, 3.63) is 29.8 Å². The van der Waals surface area contributed by atoms with Crippen molar-refractivity contribution in [2.75, 3.05) is 32.1 Å². The number of nitrogens with one attached hydrogen (secondary N) is 2. The van der Waals surface area contributed by atoms with Crippen LogP contribution in [0.3, 0.4) is 0 Å². The fourth-order valence-electron chi connectivity index (χ4n) is 1.70. The van der Waals surface area contributed by atoms with Crippen molar-refractivity contribution in [1.29, 1.82) is 0 Å². The molecule has 4 nitrogen and oxygen atoms in total. The largest absolute Gasteiger partial charge is 0.383 e. The van der Waals surface area contributed by atoms with Crippen molar-refractivity contribution in [1.82, 2.24) is 5.32 Å². The fraction of sp³-hybridized carbons (Fsp3) is 0.500. The molecule has 0 heterocycles. The Hall–Kier alpha value is -1.39. The number of hydrogen-bond donors (Lipinski definition) is 2. The summed E-state index contributed by atoms with van der Waals surface area (Å²) in [5.41, 5.74) is 2.10. The van der Waals surface area contributed by atoms with Gasteiger partial charge in [-0.3, -0.25) is 4.79 Å². The summed E-state index contributed by atoms with van der Waals surface area (Å²) in [4.78, 5) is 11.7. The third kappa shape index (κ3) is 5.29. The van der Waals surface area contributed by atoms with E-state index >= 15 is 0 Å². The summed E-state index contributed by atoms with van der Waals surface area (Å²) in [5, 5.41) is 5.95. The third-order valence-electron chi connectivity index (χ3n) is 2.58. The lowest BCUT2D eigenvalue weighted by atomic mass is 10.1. The number of amides is 1. The number of ether oxygens (including phenoxy) is 1. The Morgan fingerprint density at radius 3 is 2.83 bits per heavy atom. The molecule has 0 aliphatic heterocycles. The molecule has 0 fully saturated rings. The van der Waals surface area contributed by atoms with Crippen LogP contribution < -0.4 is 10.6 Å². The monoisotopic (exact) mass is 250 g/mol. The number of hydrogen-bond acceptors (Lipinski definition) is 3. The number of carbonyl (C=O) groups excluding carboxylic acids is 1. The third-order valence-corrected chi connectivity index (χ3v) is 2.58. The first kappa shape index (κ1) is 14.7. The van der Waals surface area contributed by atoms with E-state index in [-0.39, 0.29) is 5.91 Å². The summed E-state index contributed by atoms with van der Waals surface area (Å²) >= 11 is 0. The quantitative estimate of drug-likeness (QED) is 0.692. The van der Waals surface area contributed by atoms with E-state index in [1.165, 1.54) is 5.56 Å². The van der Waals surface area contributed by atoms with Crippen LogP contribution in [0.1, 0.15) is 18.9 Å². The molecule has 1 amide bonds. The van der Waals surface area contributed by atoms with Crippen LogP contribution in [0.15, 0.2) is 24.3 Å². The highest BCUT2D eigenvalue weighted by atomic mass is 16.5. The Kier molecular flexibility index (Phi) is 7.06. The van der Waals surface area contributed by atoms with Crippen molar-refractivity contribution >= 4 is 11.6 Å². The van der Waals surface area contributed by atoms with Gasteiger partial charge in [-0.05, 0) is 18.1 Å². The molecule has 1 aromatic rings. The highest BCUT2D eigenvalue weighted by molar-refractivity contribution is 5.92. The van der Waals surface area contributed by atoms with Gasteiger partial charge >= 0.3 is 0 Å². The lowest BCUT2D eigenvalue weighted by Gasteiger charge is -2.10. The van der Waals surface area contributed by atoms with Crippen molar-refractivity contribution in [3.63, 3.8) is 0 Å². The van der Waals surface area contributed by atoms with Crippen molar-refractivity contribution in [2.24, 2.45) is 0 Å². The van der Waals surface area contributed by atoms with Crippen molar-refractivity contribution in [2.45, 2.75) is 19.8 Å². The van der Waals surface area contributed by atoms with Gasteiger partial charge in [-0.2, -0.15) is 0 Å². The summed E-state index contributed by atoms with van der Waals surface area (Å²) < 4.78 is 4.90. The molecular formula is C14H22N2O2. The van der Waals surface area contributed by atoms with Gasteiger partial charge in [-0.1, -0.05) is 31.5 Å². The van der Waals surface area contributed by atoms with Gasteiger partial charge in [-0.25, -0.2) is 0 Å². The first-order valence-corrected chi connectivity index (χ1v) is 6.35. The molecule has 100 valence electrons. The lowest BCUT2D eigenvalue weighted by molar-refractivity contribution is -0.115. The van der Waals surface area contributed by atoms with E-state index < -0.39 is 0 Å². The van der Waals surface area contributed by atoms with Gasteiger partial charge in [-0.15, -0.1) is 0 Å². The van der Waals surface area contributed by atoms with E-state index in [4.69, 9.17) is 4.74 Å².